The number of halogens is 1. The second-order valence-corrected chi connectivity index (χ2v) is 9.82. The van der Waals surface area contributed by atoms with Crippen LogP contribution in [0.5, 0.6) is 0 Å². The number of fused-ring (bicyclic) bond motifs is 4. The Hall–Kier alpha value is -0.850. The molecular formula is C23H33FO2. The van der Waals surface area contributed by atoms with E-state index in [-0.39, 0.29) is 24.1 Å². The molecule has 2 nitrogen and oxygen atoms in total. The molecule has 4 aliphatic carbocycles. The van der Waals surface area contributed by atoms with Crippen molar-refractivity contribution < 1.29 is 14.6 Å². The average molecular weight is 361 g/mol. The molecule has 0 aromatic carbocycles. The number of aliphatic hydroxyl groups excluding tert-OH is 1. The zero-order valence-corrected chi connectivity index (χ0v) is 16.2. The molecule has 0 aromatic heterocycles. The molecule has 0 spiro atoms. The van der Waals surface area contributed by atoms with Crippen molar-refractivity contribution in [2.75, 3.05) is 6.67 Å². The van der Waals surface area contributed by atoms with Crippen LogP contribution >= 0.6 is 0 Å². The summed E-state index contributed by atoms with van der Waals surface area (Å²) in [5.74, 6) is 4.83. The Morgan fingerprint density at radius 1 is 1.31 bits per heavy atom. The van der Waals surface area contributed by atoms with Gasteiger partial charge in [-0.3, -0.25) is 4.39 Å². The van der Waals surface area contributed by atoms with Crippen molar-refractivity contribution in [2.24, 2.45) is 35.0 Å². The summed E-state index contributed by atoms with van der Waals surface area (Å²) in [4.78, 5) is 0. The maximum absolute atomic E-state index is 13.5. The number of hydrogen-bond donors (Lipinski definition) is 2. The van der Waals surface area contributed by atoms with Crippen LogP contribution in [0.1, 0.15) is 65.2 Å². The van der Waals surface area contributed by atoms with Gasteiger partial charge >= 0.3 is 0 Å². The standard InChI is InChI=1S/C23H33FO2/c1-4-23(26)9-7-19-20-14(2)11-16-12-17(25)5-6-18(16)21(20)15(8-10-24)13-22(19,23)3/h1,14-15,17,19-21,25-26H,5-13H2,2-3H3/t14-,15+,17+,19+,20+,21-,22+,23-/m1/s1. The summed E-state index contributed by atoms with van der Waals surface area (Å²) in [6.07, 6.45) is 12.3. The van der Waals surface area contributed by atoms with Gasteiger partial charge in [-0.1, -0.05) is 30.9 Å². The Balaban J connectivity index is 1.78. The minimum Gasteiger partial charge on any atom is -0.393 e. The predicted octanol–water partition coefficient (Wildman–Crippen LogP) is 4.26. The molecule has 0 radical (unpaired) electrons. The van der Waals surface area contributed by atoms with E-state index in [1.54, 1.807) is 0 Å². The van der Waals surface area contributed by atoms with E-state index >= 15 is 0 Å². The highest BCUT2D eigenvalue weighted by Gasteiger charge is 2.64. The Bertz CT molecular complexity index is 649. The van der Waals surface area contributed by atoms with Gasteiger partial charge in [-0.15, -0.1) is 6.42 Å². The average Bonchev–Trinajstić information content (AvgIpc) is 2.86. The van der Waals surface area contributed by atoms with Crippen LogP contribution < -0.4 is 0 Å². The number of aliphatic hydroxyl groups is 2. The fourth-order valence-electron chi connectivity index (χ4n) is 7.53. The lowest BCUT2D eigenvalue weighted by Crippen LogP contribution is -2.55. The van der Waals surface area contributed by atoms with Crippen molar-refractivity contribution >= 4 is 0 Å². The lowest BCUT2D eigenvalue weighted by Gasteiger charge is -2.58. The Morgan fingerprint density at radius 2 is 2.08 bits per heavy atom. The lowest BCUT2D eigenvalue weighted by atomic mass is 9.47. The van der Waals surface area contributed by atoms with Gasteiger partial charge in [-0.05, 0) is 81.0 Å². The van der Waals surface area contributed by atoms with Gasteiger partial charge in [0.1, 0.15) is 5.60 Å². The predicted molar refractivity (Wildman–Crippen MR) is 101 cm³/mol. The van der Waals surface area contributed by atoms with Gasteiger partial charge in [0.15, 0.2) is 0 Å². The minimum absolute atomic E-state index is 0.205. The second kappa shape index (κ2) is 6.35. The number of allylic oxidation sites excluding steroid dienone is 1. The number of alkyl halides is 1. The summed E-state index contributed by atoms with van der Waals surface area (Å²) in [5, 5.41) is 21.4. The molecule has 4 rings (SSSR count). The van der Waals surface area contributed by atoms with Crippen LogP contribution in [0.15, 0.2) is 11.1 Å². The third kappa shape index (κ3) is 2.45. The fourth-order valence-corrected chi connectivity index (χ4v) is 7.53. The monoisotopic (exact) mass is 360 g/mol. The van der Waals surface area contributed by atoms with Crippen LogP contribution in [0.2, 0.25) is 0 Å². The SMILES string of the molecule is C#C[C@@]1(O)CC[C@H]2[C@H]3[C@@H](C4=C(C[C@@H](O)CC4)C[C@H]3C)[C@@H](CCF)C[C@@]21C. The van der Waals surface area contributed by atoms with Crippen molar-refractivity contribution in [3.63, 3.8) is 0 Å². The minimum atomic E-state index is -1.05. The van der Waals surface area contributed by atoms with Crippen LogP contribution in [0, 0.1) is 47.3 Å². The summed E-state index contributed by atoms with van der Waals surface area (Å²) in [7, 11) is 0. The van der Waals surface area contributed by atoms with Gasteiger partial charge in [-0.25, -0.2) is 0 Å². The molecule has 0 unspecified atom stereocenters. The van der Waals surface area contributed by atoms with Crippen LogP contribution in [0.4, 0.5) is 4.39 Å². The summed E-state index contributed by atoms with van der Waals surface area (Å²) < 4.78 is 13.5. The number of terminal acetylenes is 1. The largest absolute Gasteiger partial charge is 0.393 e. The Labute approximate surface area is 157 Å². The molecule has 0 amide bonds. The van der Waals surface area contributed by atoms with E-state index in [1.165, 1.54) is 11.1 Å². The first-order chi connectivity index (χ1) is 12.3. The first kappa shape index (κ1) is 18.5. The van der Waals surface area contributed by atoms with E-state index < -0.39 is 5.60 Å². The zero-order chi connectivity index (χ0) is 18.7. The summed E-state index contributed by atoms with van der Waals surface area (Å²) in [5.41, 5.74) is 1.64. The van der Waals surface area contributed by atoms with E-state index in [1.807, 2.05) is 0 Å². The topological polar surface area (TPSA) is 40.5 Å². The maximum atomic E-state index is 13.5. The fraction of sp³-hybridized carbons (Fsp3) is 0.826. The van der Waals surface area contributed by atoms with Crippen LogP contribution in [-0.2, 0) is 0 Å². The third-order valence-electron chi connectivity index (χ3n) is 8.68. The molecule has 144 valence electrons. The Morgan fingerprint density at radius 3 is 2.77 bits per heavy atom. The van der Waals surface area contributed by atoms with Crippen molar-refractivity contribution in [2.45, 2.75) is 76.9 Å². The first-order valence-electron chi connectivity index (χ1n) is 10.5. The van der Waals surface area contributed by atoms with Crippen molar-refractivity contribution in [1.29, 1.82) is 0 Å². The molecule has 0 aromatic rings. The lowest BCUT2D eigenvalue weighted by molar-refractivity contribution is -0.106. The van der Waals surface area contributed by atoms with Crippen LogP contribution in [0.25, 0.3) is 0 Å². The quantitative estimate of drug-likeness (QED) is 0.571. The number of rotatable bonds is 2. The van der Waals surface area contributed by atoms with Gasteiger partial charge < -0.3 is 10.2 Å². The van der Waals surface area contributed by atoms with Crippen molar-refractivity contribution in [1.82, 2.24) is 0 Å². The van der Waals surface area contributed by atoms with E-state index in [2.05, 4.69) is 19.8 Å². The van der Waals surface area contributed by atoms with Gasteiger partial charge in [0.2, 0.25) is 0 Å². The van der Waals surface area contributed by atoms with Crippen molar-refractivity contribution in [3.8, 4) is 12.3 Å². The highest BCUT2D eigenvalue weighted by molar-refractivity contribution is 5.32. The highest BCUT2D eigenvalue weighted by atomic mass is 19.1. The normalized spacial score (nSPS) is 50.6. The first-order valence-corrected chi connectivity index (χ1v) is 10.5. The molecule has 0 saturated heterocycles. The molecule has 2 N–H and O–H groups in total. The van der Waals surface area contributed by atoms with Gasteiger partial charge in [0.05, 0.1) is 12.8 Å². The molecule has 26 heavy (non-hydrogen) atoms. The molecule has 2 saturated carbocycles. The smallest absolute Gasteiger partial charge is 0.130 e. The van der Waals surface area contributed by atoms with Gasteiger partial charge in [0, 0.05) is 5.41 Å². The van der Waals surface area contributed by atoms with Crippen LogP contribution in [-0.4, -0.2) is 28.6 Å². The number of hydrogen-bond acceptors (Lipinski definition) is 2. The molecule has 0 heterocycles. The third-order valence-corrected chi connectivity index (χ3v) is 8.68. The molecule has 8 atom stereocenters. The van der Waals surface area contributed by atoms with E-state index in [9.17, 15) is 14.6 Å². The van der Waals surface area contributed by atoms with E-state index in [4.69, 9.17) is 6.42 Å². The van der Waals surface area contributed by atoms with Gasteiger partial charge in [-0.2, -0.15) is 0 Å². The van der Waals surface area contributed by atoms with Gasteiger partial charge in [0.25, 0.3) is 0 Å². The summed E-state index contributed by atoms with van der Waals surface area (Å²) >= 11 is 0. The molecule has 2 fully saturated rings. The maximum Gasteiger partial charge on any atom is 0.130 e. The summed E-state index contributed by atoms with van der Waals surface area (Å²) in [6.45, 7) is 4.20. The van der Waals surface area contributed by atoms with E-state index in [0.717, 1.165) is 38.5 Å². The molecule has 0 bridgehead atoms. The molecule has 0 aliphatic heterocycles. The summed E-state index contributed by atoms with van der Waals surface area (Å²) in [6, 6.07) is 0. The molecule has 4 aliphatic rings. The van der Waals surface area contributed by atoms with Crippen molar-refractivity contribution in [3.05, 3.63) is 11.1 Å². The van der Waals surface area contributed by atoms with Crippen LogP contribution in [0.3, 0.4) is 0 Å². The molecular weight excluding hydrogens is 327 g/mol. The zero-order valence-electron chi connectivity index (χ0n) is 16.2. The highest BCUT2D eigenvalue weighted by Crippen LogP contribution is 2.67. The second-order valence-electron chi connectivity index (χ2n) is 9.82. The van der Waals surface area contributed by atoms with E-state index in [0.29, 0.717) is 36.5 Å². The Kier molecular flexibility index (Phi) is 4.52. The molecule has 3 heteroatoms.